The Balaban J connectivity index is 1.56. The van der Waals surface area contributed by atoms with Crippen LogP contribution in [0.25, 0.3) is 33.8 Å². The molecule has 0 unspecified atom stereocenters. The van der Waals surface area contributed by atoms with Gasteiger partial charge in [-0.3, -0.25) is 24.9 Å². The molecule has 2 aromatic carbocycles. The zero-order chi connectivity index (χ0) is 23.5. The van der Waals surface area contributed by atoms with Crippen molar-refractivity contribution in [2.75, 3.05) is 5.32 Å². The van der Waals surface area contributed by atoms with Gasteiger partial charge >= 0.3 is 0 Å². The quantitative estimate of drug-likeness (QED) is 0.299. The minimum absolute atomic E-state index is 0.107. The molecule has 1 N–H and O–H groups in total. The van der Waals surface area contributed by atoms with E-state index in [-0.39, 0.29) is 5.69 Å². The van der Waals surface area contributed by atoms with Gasteiger partial charge in [-0.2, -0.15) is 0 Å². The van der Waals surface area contributed by atoms with Gasteiger partial charge in [-0.25, -0.2) is 9.97 Å². The van der Waals surface area contributed by atoms with E-state index < -0.39 is 10.8 Å². The maximum absolute atomic E-state index is 12.8. The van der Waals surface area contributed by atoms with Gasteiger partial charge in [-0.05, 0) is 48.5 Å². The van der Waals surface area contributed by atoms with Crippen LogP contribution in [-0.4, -0.2) is 30.8 Å². The zero-order valence-electron chi connectivity index (χ0n) is 17.6. The highest BCUT2D eigenvalue weighted by atomic mass is 16.6. The number of pyridine rings is 2. The van der Waals surface area contributed by atoms with Crippen LogP contribution in [0.2, 0.25) is 0 Å². The van der Waals surface area contributed by atoms with E-state index in [9.17, 15) is 14.9 Å². The van der Waals surface area contributed by atoms with Crippen molar-refractivity contribution in [1.29, 1.82) is 0 Å². The van der Waals surface area contributed by atoms with E-state index in [1.54, 1.807) is 36.7 Å². The van der Waals surface area contributed by atoms with Crippen LogP contribution in [0.15, 0.2) is 91.3 Å². The van der Waals surface area contributed by atoms with Crippen LogP contribution < -0.4 is 5.32 Å². The van der Waals surface area contributed by atoms with Crippen LogP contribution in [0.5, 0.6) is 0 Å². The number of carbonyl (C=O) groups is 1. The van der Waals surface area contributed by atoms with E-state index in [0.717, 1.165) is 0 Å². The third kappa shape index (κ3) is 4.17. The second-order valence-electron chi connectivity index (χ2n) is 7.32. The van der Waals surface area contributed by atoms with Gasteiger partial charge in [-0.1, -0.05) is 18.2 Å². The summed E-state index contributed by atoms with van der Waals surface area (Å²) in [5.74, 6) is -0.419. The van der Waals surface area contributed by atoms with E-state index in [0.29, 0.717) is 45.1 Å². The van der Waals surface area contributed by atoms with Gasteiger partial charge in [0.1, 0.15) is 11.4 Å². The molecule has 0 saturated heterocycles. The van der Waals surface area contributed by atoms with Gasteiger partial charge in [0, 0.05) is 35.8 Å². The number of fused-ring (bicyclic) bond motifs is 1. The van der Waals surface area contributed by atoms with Gasteiger partial charge < -0.3 is 5.32 Å². The van der Waals surface area contributed by atoms with Crippen LogP contribution in [0.3, 0.4) is 0 Å². The van der Waals surface area contributed by atoms with Crippen molar-refractivity contribution in [2.24, 2.45) is 0 Å². The number of nitro benzene ring substituents is 1. The van der Waals surface area contributed by atoms with Crippen molar-refractivity contribution in [3.05, 3.63) is 107 Å². The first-order valence-corrected chi connectivity index (χ1v) is 10.3. The largest absolute Gasteiger partial charge is 0.322 e. The van der Waals surface area contributed by atoms with Gasteiger partial charge in [-0.15, -0.1) is 0 Å². The third-order valence-corrected chi connectivity index (χ3v) is 5.06. The van der Waals surface area contributed by atoms with Crippen LogP contribution in [0.1, 0.15) is 10.4 Å². The van der Waals surface area contributed by atoms with Crippen LogP contribution in [0.4, 0.5) is 11.4 Å². The number of rotatable bonds is 5. The molecule has 0 bridgehead atoms. The summed E-state index contributed by atoms with van der Waals surface area (Å²) in [7, 11) is 0. The van der Waals surface area contributed by atoms with Gasteiger partial charge in [0.05, 0.1) is 27.3 Å². The molecule has 0 aliphatic heterocycles. The number of anilines is 1. The average molecular weight is 448 g/mol. The molecule has 3 aromatic heterocycles. The molecule has 1 amide bonds. The van der Waals surface area contributed by atoms with Crippen LogP contribution in [0, 0.1) is 10.1 Å². The Morgan fingerprint density at radius 1 is 0.765 bits per heavy atom. The monoisotopic (exact) mass is 448 g/mol. The third-order valence-electron chi connectivity index (χ3n) is 5.06. The summed E-state index contributed by atoms with van der Waals surface area (Å²) in [4.78, 5) is 41.7. The molecule has 9 heteroatoms. The molecule has 5 rings (SSSR count). The lowest BCUT2D eigenvalue weighted by molar-refractivity contribution is -0.384. The predicted molar refractivity (Wildman–Crippen MR) is 127 cm³/mol. The van der Waals surface area contributed by atoms with E-state index >= 15 is 0 Å². The van der Waals surface area contributed by atoms with Crippen LogP contribution >= 0.6 is 0 Å². The minimum Gasteiger partial charge on any atom is -0.322 e. The molecule has 0 spiro atoms. The summed E-state index contributed by atoms with van der Waals surface area (Å²) in [6.45, 7) is 0. The fourth-order valence-corrected chi connectivity index (χ4v) is 3.46. The Bertz CT molecular complexity index is 1520. The molecule has 9 nitrogen and oxygen atoms in total. The Morgan fingerprint density at radius 3 is 2.06 bits per heavy atom. The Morgan fingerprint density at radius 2 is 1.44 bits per heavy atom. The molecule has 0 aliphatic carbocycles. The lowest BCUT2D eigenvalue weighted by atomic mass is 10.1. The highest BCUT2D eigenvalue weighted by molar-refractivity contribution is 6.06. The number of hydrogen-bond donors (Lipinski definition) is 1. The number of nitrogens with zero attached hydrogens (tertiary/aromatic N) is 5. The maximum atomic E-state index is 12.8. The molecule has 0 fully saturated rings. The van der Waals surface area contributed by atoms with Crippen molar-refractivity contribution in [3.63, 3.8) is 0 Å². The van der Waals surface area contributed by atoms with E-state index in [2.05, 4.69) is 15.3 Å². The number of benzene rings is 2. The number of amides is 1. The van der Waals surface area contributed by atoms with E-state index in [1.807, 2.05) is 36.4 Å². The summed E-state index contributed by atoms with van der Waals surface area (Å²) < 4.78 is 0. The first-order chi connectivity index (χ1) is 16.6. The lowest BCUT2D eigenvalue weighted by Crippen LogP contribution is -2.12. The van der Waals surface area contributed by atoms with Crippen molar-refractivity contribution >= 4 is 28.3 Å². The van der Waals surface area contributed by atoms with Crippen molar-refractivity contribution in [2.45, 2.75) is 0 Å². The average Bonchev–Trinajstić information content (AvgIpc) is 2.88. The van der Waals surface area contributed by atoms with Gasteiger partial charge in [0.15, 0.2) is 0 Å². The van der Waals surface area contributed by atoms with Gasteiger partial charge in [0.25, 0.3) is 11.6 Å². The van der Waals surface area contributed by atoms with Crippen LogP contribution in [-0.2, 0) is 0 Å². The first kappa shape index (κ1) is 20.8. The maximum Gasteiger partial charge on any atom is 0.271 e. The summed E-state index contributed by atoms with van der Waals surface area (Å²) in [5, 5.41) is 13.7. The number of carbonyl (C=O) groups excluding carboxylic acids is 1. The molecule has 0 saturated carbocycles. The summed E-state index contributed by atoms with van der Waals surface area (Å²) >= 11 is 0. The summed E-state index contributed by atoms with van der Waals surface area (Å²) in [6, 6.07) is 21.8. The predicted octanol–water partition coefficient (Wildman–Crippen LogP) is 4.91. The number of nitro groups is 1. The Labute approximate surface area is 193 Å². The fourth-order valence-electron chi connectivity index (χ4n) is 3.46. The second kappa shape index (κ2) is 8.83. The minimum atomic E-state index is -0.514. The molecule has 0 atom stereocenters. The number of non-ortho nitro benzene ring substituents is 1. The zero-order valence-corrected chi connectivity index (χ0v) is 17.6. The first-order valence-electron chi connectivity index (χ1n) is 10.3. The number of aromatic nitrogens is 4. The van der Waals surface area contributed by atoms with Gasteiger partial charge in [0.2, 0.25) is 0 Å². The highest BCUT2D eigenvalue weighted by Gasteiger charge is 2.17. The molecule has 0 aliphatic rings. The Hall–Kier alpha value is -5.05. The topological polar surface area (TPSA) is 124 Å². The van der Waals surface area contributed by atoms with E-state index in [1.165, 1.54) is 18.2 Å². The highest BCUT2D eigenvalue weighted by Crippen LogP contribution is 2.29. The molecular weight excluding hydrogens is 432 g/mol. The molecule has 5 aromatic rings. The lowest BCUT2D eigenvalue weighted by Gasteiger charge is -2.10. The molecule has 0 radical (unpaired) electrons. The molecule has 3 heterocycles. The van der Waals surface area contributed by atoms with Crippen molar-refractivity contribution in [3.8, 4) is 22.8 Å². The molecular formula is C25H16N6O3. The number of nitrogens with one attached hydrogen (secondary N) is 1. The fraction of sp³-hybridized carbons (Fsp3) is 0. The SMILES string of the molecule is O=C(Nc1cccc([N+](=O)[O-])c1)c1ccc2nc(-c3ccccn3)c(-c3ccccn3)nc2c1. The van der Waals surface area contributed by atoms with E-state index in [4.69, 9.17) is 9.97 Å². The number of hydrogen-bond acceptors (Lipinski definition) is 7. The molecule has 34 heavy (non-hydrogen) atoms. The smallest absolute Gasteiger partial charge is 0.271 e. The van der Waals surface area contributed by atoms with Crippen molar-refractivity contribution in [1.82, 2.24) is 19.9 Å². The second-order valence-corrected chi connectivity index (χ2v) is 7.32. The standard InChI is InChI=1S/C25H16N6O3/c32-25(28-17-6-5-7-18(15-17)31(33)34)16-10-11-19-22(14-16)30-24(21-9-2-4-13-27-21)23(29-19)20-8-1-3-12-26-20/h1-15H,(H,28,32). The Kier molecular flexibility index (Phi) is 5.41. The molecule has 164 valence electrons. The normalized spacial score (nSPS) is 10.7. The summed E-state index contributed by atoms with van der Waals surface area (Å²) in [6.07, 6.45) is 3.36. The summed E-state index contributed by atoms with van der Waals surface area (Å²) in [5.41, 5.74) is 4.07. The van der Waals surface area contributed by atoms with Crippen molar-refractivity contribution < 1.29 is 9.72 Å².